The largest absolute Gasteiger partial charge is 0.494 e. The van der Waals surface area contributed by atoms with Crippen LogP contribution in [0.2, 0.25) is 0 Å². The molecular weight excluding hydrogens is 247 g/mol. The van der Waals surface area contributed by atoms with Crippen LogP contribution in [0.4, 0.5) is 10.1 Å². The molecule has 0 radical (unpaired) electrons. The van der Waals surface area contributed by atoms with Gasteiger partial charge in [-0.25, -0.2) is 12.8 Å². The molecule has 1 aromatic rings. The SMILES string of the molecule is COc1ccc(N(C)S(=O)(=O)CCN)cc1F. The van der Waals surface area contributed by atoms with Crippen LogP contribution in [0.1, 0.15) is 0 Å². The number of rotatable bonds is 5. The Hall–Kier alpha value is -1.34. The van der Waals surface area contributed by atoms with Crippen LogP contribution in [-0.2, 0) is 10.0 Å². The van der Waals surface area contributed by atoms with Crippen molar-refractivity contribution in [1.29, 1.82) is 0 Å². The van der Waals surface area contributed by atoms with Gasteiger partial charge in [0.05, 0.1) is 18.6 Å². The molecule has 0 aliphatic heterocycles. The number of hydrogen-bond acceptors (Lipinski definition) is 4. The molecule has 96 valence electrons. The summed E-state index contributed by atoms with van der Waals surface area (Å²) < 4.78 is 42.5. The second kappa shape index (κ2) is 5.33. The maximum absolute atomic E-state index is 13.4. The van der Waals surface area contributed by atoms with E-state index in [9.17, 15) is 12.8 Å². The number of anilines is 1. The zero-order valence-corrected chi connectivity index (χ0v) is 10.5. The Bertz CT molecular complexity index is 490. The summed E-state index contributed by atoms with van der Waals surface area (Å²) >= 11 is 0. The Morgan fingerprint density at radius 1 is 1.47 bits per heavy atom. The molecule has 0 fully saturated rings. The highest BCUT2D eigenvalue weighted by Crippen LogP contribution is 2.24. The van der Waals surface area contributed by atoms with Gasteiger partial charge in [-0.1, -0.05) is 0 Å². The van der Waals surface area contributed by atoms with Gasteiger partial charge in [-0.2, -0.15) is 0 Å². The summed E-state index contributed by atoms with van der Waals surface area (Å²) in [5.41, 5.74) is 5.44. The van der Waals surface area contributed by atoms with Gasteiger partial charge in [-0.15, -0.1) is 0 Å². The van der Waals surface area contributed by atoms with Crippen LogP contribution >= 0.6 is 0 Å². The fraction of sp³-hybridized carbons (Fsp3) is 0.400. The van der Waals surface area contributed by atoms with Gasteiger partial charge in [0.15, 0.2) is 11.6 Å². The molecule has 0 heterocycles. The second-order valence-electron chi connectivity index (χ2n) is 3.39. The molecule has 0 atom stereocenters. The first-order valence-electron chi connectivity index (χ1n) is 4.92. The standard InChI is InChI=1S/C10H15FN2O3S/c1-13(17(14,15)6-5-12)8-3-4-10(16-2)9(11)7-8/h3-4,7H,5-6,12H2,1-2H3. The average molecular weight is 262 g/mol. The van der Waals surface area contributed by atoms with Crippen LogP contribution in [0.15, 0.2) is 18.2 Å². The van der Waals surface area contributed by atoms with Crippen LogP contribution in [0, 0.1) is 5.82 Å². The van der Waals surface area contributed by atoms with Crippen LogP contribution in [0.25, 0.3) is 0 Å². The smallest absolute Gasteiger partial charge is 0.236 e. The molecule has 0 bridgehead atoms. The Kier molecular flexibility index (Phi) is 4.30. The van der Waals surface area contributed by atoms with Crippen molar-refractivity contribution >= 4 is 15.7 Å². The Balaban J connectivity index is 3.05. The van der Waals surface area contributed by atoms with Crippen molar-refractivity contribution in [2.24, 2.45) is 5.73 Å². The zero-order valence-electron chi connectivity index (χ0n) is 9.68. The molecular formula is C10H15FN2O3S. The fourth-order valence-electron chi connectivity index (χ4n) is 1.30. The molecule has 5 nitrogen and oxygen atoms in total. The molecule has 7 heteroatoms. The molecule has 1 aromatic carbocycles. The Morgan fingerprint density at radius 2 is 2.12 bits per heavy atom. The molecule has 17 heavy (non-hydrogen) atoms. The molecule has 0 unspecified atom stereocenters. The van der Waals surface area contributed by atoms with E-state index < -0.39 is 15.8 Å². The summed E-state index contributed by atoms with van der Waals surface area (Å²) in [6, 6.07) is 3.95. The number of hydrogen-bond donors (Lipinski definition) is 1. The zero-order chi connectivity index (χ0) is 13.1. The van der Waals surface area contributed by atoms with Gasteiger partial charge in [0.2, 0.25) is 10.0 Å². The topological polar surface area (TPSA) is 72.6 Å². The Labute approximate surface area is 100 Å². The van der Waals surface area contributed by atoms with Crippen LogP contribution in [-0.4, -0.2) is 34.9 Å². The van der Waals surface area contributed by atoms with Gasteiger partial charge in [0.1, 0.15) is 0 Å². The highest BCUT2D eigenvalue weighted by Gasteiger charge is 2.18. The lowest BCUT2D eigenvalue weighted by Gasteiger charge is -2.19. The summed E-state index contributed by atoms with van der Waals surface area (Å²) in [7, 11) is -0.805. The summed E-state index contributed by atoms with van der Waals surface area (Å²) in [5.74, 6) is -0.727. The number of ether oxygens (including phenoxy) is 1. The number of nitrogens with zero attached hydrogens (tertiary/aromatic N) is 1. The van der Waals surface area contributed by atoms with Gasteiger partial charge in [-0.05, 0) is 12.1 Å². The van der Waals surface area contributed by atoms with Gasteiger partial charge >= 0.3 is 0 Å². The summed E-state index contributed by atoms with van der Waals surface area (Å²) in [5, 5.41) is 0. The third-order valence-electron chi connectivity index (χ3n) is 2.29. The van der Waals surface area contributed by atoms with Crippen molar-refractivity contribution in [3.63, 3.8) is 0 Å². The van der Waals surface area contributed by atoms with Gasteiger partial charge in [0, 0.05) is 19.7 Å². The molecule has 0 saturated heterocycles. The van der Waals surface area contributed by atoms with Gasteiger partial charge in [0.25, 0.3) is 0 Å². The van der Waals surface area contributed by atoms with E-state index in [-0.39, 0.29) is 23.7 Å². The van der Waals surface area contributed by atoms with Crippen molar-refractivity contribution in [2.75, 3.05) is 30.8 Å². The highest BCUT2D eigenvalue weighted by molar-refractivity contribution is 7.92. The number of methoxy groups -OCH3 is 1. The monoisotopic (exact) mass is 262 g/mol. The quantitative estimate of drug-likeness (QED) is 0.841. The minimum atomic E-state index is -3.50. The van der Waals surface area contributed by atoms with E-state index in [4.69, 9.17) is 10.5 Å². The number of sulfonamides is 1. The van der Waals surface area contributed by atoms with Gasteiger partial charge in [-0.3, -0.25) is 4.31 Å². The van der Waals surface area contributed by atoms with Crippen molar-refractivity contribution < 1.29 is 17.5 Å². The van der Waals surface area contributed by atoms with Crippen LogP contribution in [0.5, 0.6) is 5.75 Å². The average Bonchev–Trinajstić information content (AvgIpc) is 2.27. The lowest BCUT2D eigenvalue weighted by atomic mass is 10.3. The van der Waals surface area contributed by atoms with Crippen molar-refractivity contribution in [3.05, 3.63) is 24.0 Å². The molecule has 2 N–H and O–H groups in total. The minimum absolute atomic E-state index is 0.0192. The van der Waals surface area contributed by atoms with Crippen molar-refractivity contribution in [3.8, 4) is 5.75 Å². The number of nitrogens with two attached hydrogens (primary N) is 1. The van der Waals surface area contributed by atoms with E-state index >= 15 is 0 Å². The van der Waals surface area contributed by atoms with Crippen LogP contribution < -0.4 is 14.8 Å². The predicted molar refractivity (Wildman–Crippen MR) is 64.2 cm³/mol. The van der Waals surface area contributed by atoms with Crippen molar-refractivity contribution in [1.82, 2.24) is 0 Å². The maximum atomic E-state index is 13.4. The van der Waals surface area contributed by atoms with E-state index in [1.165, 1.54) is 26.3 Å². The summed E-state index contributed by atoms with van der Waals surface area (Å²) in [4.78, 5) is 0. The first-order valence-corrected chi connectivity index (χ1v) is 6.53. The third-order valence-corrected chi connectivity index (χ3v) is 4.09. The lowest BCUT2D eigenvalue weighted by Crippen LogP contribution is -2.32. The summed E-state index contributed by atoms with van der Waals surface area (Å²) in [6.07, 6.45) is 0. The maximum Gasteiger partial charge on any atom is 0.236 e. The van der Waals surface area contributed by atoms with E-state index in [0.717, 1.165) is 10.4 Å². The fourth-order valence-corrected chi connectivity index (χ4v) is 2.30. The van der Waals surface area contributed by atoms with E-state index in [1.807, 2.05) is 0 Å². The molecule has 1 rings (SSSR count). The molecule has 0 spiro atoms. The second-order valence-corrected chi connectivity index (χ2v) is 5.51. The highest BCUT2D eigenvalue weighted by atomic mass is 32.2. The van der Waals surface area contributed by atoms with Crippen molar-refractivity contribution in [2.45, 2.75) is 0 Å². The lowest BCUT2D eigenvalue weighted by molar-refractivity contribution is 0.386. The molecule has 0 aliphatic carbocycles. The minimum Gasteiger partial charge on any atom is -0.494 e. The van der Waals surface area contributed by atoms with E-state index in [1.54, 1.807) is 0 Å². The molecule has 0 aromatic heterocycles. The molecule has 0 aliphatic rings. The normalized spacial score (nSPS) is 11.3. The first kappa shape index (κ1) is 13.7. The predicted octanol–water partition coefficient (Wildman–Crippen LogP) is 0.559. The van der Waals surface area contributed by atoms with Gasteiger partial charge < -0.3 is 10.5 Å². The first-order chi connectivity index (χ1) is 7.92. The third kappa shape index (κ3) is 3.07. The van der Waals surface area contributed by atoms with E-state index in [0.29, 0.717) is 0 Å². The van der Waals surface area contributed by atoms with E-state index in [2.05, 4.69) is 0 Å². The molecule has 0 saturated carbocycles. The van der Waals surface area contributed by atoms with Crippen LogP contribution in [0.3, 0.4) is 0 Å². The summed E-state index contributed by atoms with van der Waals surface area (Å²) in [6.45, 7) is 0.0192. The molecule has 0 amide bonds. The Morgan fingerprint density at radius 3 is 2.59 bits per heavy atom. The number of benzene rings is 1. The number of halogens is 1.